The van der Waals surface area contributed by atoms with Crippen molar-refractivity contribution in [2.75, 3.05) is 0 Å². The van der Waals surface area contributed by atoms with Crippen LogP contribution in [0.1, 0.15) is 44.6 Å². The van der Waals surface area contributed by atoms with Gasteiger partial charge in [0.05, 0.1) is 11.1 Å². The van der Waals surface area contributed by atoms with Crippen molar-refractivity contribution in [1.82, 2.24) is 0 Å². The van der Waals surface area contributed by atoms with Gasteiger partial charge in [-0.25, -0.2) is 0 Å². The van der Waals surface area contributed by atoms with Crippen LogP contribution in [0.5, 0.6) is 5.75 Å². The standard InChI is InChI=1S/C13H17ClO/c1-9(2)10-6-7-13(12(14)8-10)15-11-4-3-5-11/h6-9,11H,3-5H2,1-2H3. The first-order valence-corrected chi connectivity index (χ1v) is 6.00. The molecule has 1 aromatic carbocycles. The molecule has 1 aliphatic carbocycles. The predicted octanol–water partition coefficient (Wildman–Crippen LogP) is 4.39. The van der Waals surface area contributed by atoms with Gasteiger partial charge < -0.3 is 4.74 Å². The lowest BCUT2D eigenvalue weighted by molar-refractivity contribution is 0.120. The average molecular weight is 225 g/mol. The summed E-state index contributed by atoms with van der Waals surface area (Å²) < 4.78 is 5.78. The number of hydrogen-bond acceptors (Lipinski definition) is 1. The van der Waals surface area contributed by atoms with Gasteiger partial charge in [-0.1, -0.05) is 31.5 Å². The molecule has 1 nitrogen and oxygen atoms in total. The third-order valence-electron chi connectivity index (χ3n) is 2.97. The molecule has 0 bridgehead atoms. The largest absolute Gasteiger partial charge is 0.489 e. The van der Waals surface area contributed by atoms with Crippen molar-refractivity contribution < 1.29 is 4.74 Å². The monoisotopic (exact) mass is 224 g/mol. The van der Waals surface area contributed by atoms with E-state index in [1.807, 2.05) is 12.1 Å². The van der Waals surface area contributed by atoms with Gasteiger partial charge >= 0.3 is 0 Å². The van der Waals surface area contributed by atoms with Crippen molar-refractivity contribution >= 4 is 11.6 Å². The third-order valence-corrected chi connectivity index (χ3v) is 3.26. The molecule has 0 heterocycles. The normalized spacial score (nSPS) is 16.5. The summed E-state index contributed by atoms with van der Waals surface area (Å²) in [7, 11) is 0. The van der Waals surface area contributed by atoms with Gasteiger partial charge in [-0.3, -0.25) is 0 Å². The van der Waals surface area contributed by atoms with Gasteiger partial charge in [-0.15, -0.1) is 0 Å². The summed E-state index contributed by atoms with van der Waals surface area (Å²) in [6.07, 6.45) is 4.02. The smallest absolute Gasteiger partial charge is 0.138 e. The maximum absolute atomic E-state index is 6.17. The van der Waals surface area contributed by atoms with E-state index in [9.17, 15) is 0 Å². The Kier molecular flexibility index (Phi) is 3.20. The lowest BCUT2D eigenvalue weighted by Crippen LogP contribution is -2.24. The molecule has 2 rings (SSSR count). The lowest BCUT2D eigenvalue weighted by Gasteiger charge is -2.27. The minimum atomic E-state index is 0.396. The molecule has 2 heteroatoms. The zero-order valence-electron chi connectivity index (χ0n) is 9.29. The van der Waals surface area contributed by atoms with Gasteiger partial charge in [0.25, 0.3) is 0 Å². The molecule has 0 spiro atoms. The molecule has 0 aromatic heterocycles. The molecule has 0 radical (unpaired) electrons. The molecular formula is C13H17ClO. The highest BCUT2D eigenvalue weighted by molar-refractivity contribution is 6.32. The maximum atomic E-state index is 6.17. The van der Waals surface area contributed by atoms with E-state index in [1.54, 1.807) is 0 Å². The predicted molar refractivity (Wildman–Crippen MR) is 63.8 cm³/mol. The summed E-state index contributed by atoms with van der Waals surface area (Å²) in [5.41, 5.74) is 1.26. The zero-order chi connectivity index (χ0) is 10.8. The Hall–Kier alpha value is -0.690. The van der Waals surface area contributed by atoms with Crippen LogP contribution in [0.2, 0.25) is 5.02 Å². The van der Waals surface area contributed by atoms with Crippen LogP contribution in [-0.2, 0) is 0 Å². The highest BCUT2D eigenvalue weighted by atomic mass is 35.5. The molecule has 0 aliphatic heterocycles. The molecular weight excluding hydrogens is 208 g/mol. The Morgan fingerprint density at radius 3 is 2.53 bits per heavy atom. The second-order valence-electron chi connectivity index (χ2n) is 4.52. The SMILES string of the molecule is CC(C)c1ccc(OC2CCC2)c(Cl)c1. The first-order valence-electron chi connectivity index (χ1n) is 5.63. The van der Waals surface area contributed by atoms with Crippen molar-refractivity contribution in [3.05, 3.63) is 28.8 Å². The fourth-order valence-corrected chi connectivity index (χ4v) is 1.87. The van der Waals surface area contributed by atoms with Crippen LogP contribution >= 0.6 is 11.6 Å². The molecule has 0 amide bonds. The van der Waals surface area contributed by atoms with Crippen molar-refractivity contribution in [3.8, 4) is 5.75 Å². The zero-order valence-corrected chi connectivity index (χ0v) is 10.1. The van der Waals surface area contributed by atoms with Crippen LogP contribution in [0.3, 0.4) is 0 Å². The Labute approximate surface area is 96.4 Å². The molecule has 0 unspecified atom stereocenters. The molecule has 0 atom stereocenters. The Balaban J connectivity index is 2.11. The minimum absolute atomic E-state index is 0.396. The summed E-state index contributed by atoms with van der Waals surface area (Å²) >= 11 is 6.17. The third kappa shape index (κ3) is 2.46. The van der Waals surface area contributed by atoms with Crippen molar-refractivity contribution in [3.63, 3.8) is 0 Å². The van der Waals surface area contributed by atoms with Crippen LogP contribution in [0, 0.1) is 0 Å². The summed E-state index contributed by atoms with van der Waals surface area (Å²) in [5.74, 6) is 1.35. The van der Waals surface area contributed by atoms with Crippen molar-refractivity contribution in [2.45, 2.75) is 45.1 Å². The number of rotatable bonds is 3. The van der Waals surface area contributed by atoms with Gasteiger partial charge in [0.1, 0.15) is 5.75 Å². The highest BCUT2D eigenvalue weighted by Crippen LogP contribution is 2.32. The maximum Gasteiger partial charge on any atom is 0.138 e. The molecule has 15 heavy (non-hydrogen) atoms. The Bertz CT molecular complexity index is 342. The average Bonchev–Trinajstić information content (AvgIpc) is 2.12. The molecule has 0 saturated heterocycles. The van der Waals surface area contributed by atoms with Gasteiger partial charge in [0, 0.05) is 0 Å². The van der Waals surface area contributed by atoms with Crippen LogP contribution in [0.25, 0.3) is 0 Å². The van der Waals surface area contributed by atoms with Crippen LogP contribution in [0.15, 0.2) is 18.2 Å². The van der Waals surface area contributed by atoms with Gasteiger partial charge in [-0.05, 0) is 42.9 Å². The quantitative estimate of drug-likeness (QED) is 0.740. The number of benzene rings is 1. The van der Waals surface area contributed by atoms with E-state index in [0.717, 1.165) is 10.8 Å². The molecule has 0 N–H and O–H groups in total. The van der Waals surface area contributed by atoms with E-state index in [1.165, 1.54) is 24.8 Å². The minimum Gasteiger partial charge on any atom is -0.489 e. The second kappa shape index (κ2) is 4.44. The fraction of sp³-hybridized carbons (Fsp3) is 0.538. The van der Waals surface area contributed by atoms with E-state index in [0.29, 0.717) is 12.0 Å². The van der Waals surface area contributed by atoms with E-state index >= 15 is 0 Å². The number of ether oxygens (including phenoxy) is 1. The summed E-state index contributed by atoms with van der Waals surface area (Å²) in [4.78, 5) is 0. The van der Waals surface area contributed by atoms with Gasteiger partial charge in [0.15, 0.2) is 0 Å². The number of halogens is 1. The number of hydrogen-bond donors (Lipinski definition) is 0. The molecule has 82 valence electrons. The summed E-state index contributed by atoms with van der Waals surface area (Å²) in [5, 5.41) is 0.744. The van der Waals surface area contributed by atoms with Crippen LogP contribution in [0.4, 0.5) is 0 Å². The van der Waals surface area contributed by atoms with Crippen molar-refractivity contribution in [2.24, 2.45) is 0 Å². The summed E-state index contributed by atoms with van der Waals surface area (Å²) in [6, 6.07) is 6.11. The van der Waals surface area contributed by atoms with E-state index in [-0.39, 0.29) is 0 Å². The first-order chi connectivity index (χ1) is 7.16. The van der Waals surface area contributed by atoms with E-state index in [2.05, 4.69) is 19.9 Å². The Morgan fingerprint density at radius 1 is 1.33 bits per heavy atom. The van der Waals surface area contributed by atoms with Crippen LogP contribution in [-0.4, -0.2) is 6.10 Å². The van der Waals surface area contributed by atoms with Gasteiger partial charge in [-0.2, -0.15) is 0 Å². The van der Waals surface area contributed by atoms with Gasteiger partial charge in [0.2, 0.25) is 0 Å². The molecule has 1 aliphatic rings. The molecule has 1 aromatic rings. The van der Waals surface area contributed by atoms with Crippen molar-refractivity contribution in [1.29, 1.82) is 0 Å². The Morgan fingerprint density at radius 2 is 2.07 bits per heavy atom. The van der Waals surface area contributed by atoms with Crippen LogP contribution < -0.4 is 4.74 Å². The topological polar surface area (TPSA) is 9.23 Å². The second-order valence-corrected chi connectivity index (χ2v) is 4.92. The lowest BCUT2D eigenvalue weighted by atomic mass is 9.96. The van der Waals surface area contributed by atoms with E-state index < -0.39 is 0 Å². The first kappa shape index (κ1) is 10.8. The summed E-state index contributed by atoms with van der Waals surface area (Å²) in [6.45, 7) is 4.33. The molecule has 1 fully saturated rings. The van der Waals surface area contributed by atoms with E-state index in [4.69, 9.17) is 16.3 Å². The fourth-order valence-electron chi connectivity index (χ4n) is 1.64. The highest BCUT2D eigenvalue weighted by Gasteiger charge is 2.20. The molecule has 1 saturated carbocycles.